The molecule has 0 bridgehead atoms. The van der Waals surface area contributed by atoms with Crippen LogP contribution < -0.4 is 5.32 Å². The Morgan fingerprint density at radius 1 is 1.27 bits per heavy atom. The van der Waals surface area contributed by atoms with Gasteiger partial charge in [0.05, 0.1) is 12.7 Å². The Hall–Kier alpha value is -3.54. The number of fused-ring (bicyclic) bond motifs is 1. The number of rotatable bonds is 5. The first-order chi connectivity index (χ1) is 15.7. The maximum absolute atomic E-state index is 14.0. The fourth-order valence-corrected chi connectivity index (χ4v) is 3.60. The van der Waals surface area contributed by atoms with E-state index in [1.165, 1.54) is 29.2 Å². The van der Waals surface area contributed by atoms with Crippen LogP contribution in [0.5, 0.6) is 0 Å². The summed E-state index contributed by atoms with van der Waals surface area (Å²) in [7, 11) is 0. The molecule has 0 aliphatic heterocycles. The lowest BCUT2D eigenvalue weighted by molar-refractivity contribution is -0.142. The van der Waals surface area contributed by atoms with Crippen LogP contribution in [0, 0.1) is 5.82 Å². The second-order valence-electron chi connectivity index (χ2n) is 7.55. The Bertz CT molecular complexity index is 1360. The fourth-order valence-electron chi connectivity index (χ4n) is 3.37. The van der Waals surface area contributed by atoms with Gasteiger partial charge in [0.2, 0.25) is 5.95 Å². The summed E-state index contributed by atoms with van der Waals surface area (Å²) in [6.07, 6.45) is -0.911. The van der Waals surface area contributed by atoms with Crippen LogP contribution in [0.1, 0.15) is 46.1 Å². The van der Waals surface area contributed by atoms with Crippen molar-refractivity contribution in [1.29, 1.82) is 0 Å². The van der Waals surface area contributed by atoms with Crippen LogP contribution in [-0.2, 0) is 12.7 Å². The molecule has 0 atom stereocenters. The normalized spacial score (nSPS) is 14.1. The van der Waals surface area contributed by atoms with Crippen molar-refractivity contribution in [1.82, 2.24) is 29.4 Å². The molecule has 5 rings (SSSR count). The maximum Gasteiger partial charge on any atom is 0.433 e. The first kappa shape index (κ1) is 21.3. The third-order valence-corrected chi connectivity index (χ3v) is 5.52. The molecular formula is C20H14ClF4N7O. The number of nitrogens with one attached hydrogen (secondary N) is 1. The summed E-state index contributed by atoms with van der Waals surface area (Å²) in [4.78, 5) is 21.0. The first-order valence-corrected chi connectivity index (χ1v) is 10.2. The van der Waals surface area contributed by atoms with E-state index in [-0.39, 0.29) is 45.9 Å². The number of carbonyl (C=O) groups is 1. The lowest BCUT2D eigenvalue weighted by Crippen LogP contribution is -2.17. The fraction of sp³-hybridized carbons (Fsp3) is 0.250. The molecule has 4 aromatic rings. The second kappa shape index (κ2) is 7.80. The van der Waals surface area contributed by atoms with E-state index in [0.717, 1.165) is 25.1 Å². The van der Waals surface area contributed by atoms with E-state index in [1.54, 1.807) is 0 Å². The monoisotopic (exact) mass is 479 g/mol. The van der Waals surface area contributed by atoms with Crippen LogP contribution in [0.25, 0.3) is 5.65 Å². The Kier molecular flexibility index (Phi) is 5.04. The molecule has 3 aromatic heterocycles. The number of benzene rings is 1. The van der Waals surface area contributed by atoms with Crippen molar-refractivity contribution in [3.8, 4) is 0 Å². The van der Waals surface area contributed by atoms with Crippen molar-refractivity contribution in [2.24, 2.45) is 0 Å². The van der Waals surface area contributed by atoms with E-state index in [2.05, 4.69) is 25.5 Å². The average Bonchev–Trinajstić information content (AvgIpc) is 3.37. The number of anilines is 1. The SMILES string of the molecule is O=C(Nc1ncn(Cc2c(F)cccc2Cl)n1)c1cnn2c(C(F)(F)F)cc(C3CC3)nc12. The number of hydrogen-bond donors (Lipinski definition) is 1. The Balaban J connectivity index is 1.42. The topological polar surface area (TPSA) is 90.0 Å². The summed E-state index contributed by atoms with van der Waals surface area (Å²) in [6.45, 7) is -0.0354. The van der Waals surface area contributed by atoms with E-state index < -0.39 is 23.6 Å². The number of halogens is 5. The molecule has 1 aliphatic carbocycles. The molecule has 13 heteroatoms. The van der Waals surface area contributed by atoms with Gasteiger partial charge in [0.1, 0.15) is 23.4 Å². The highest BCUT2D eigenvalue weighted by molar-refractivity contribution is 6.31. The molecule has 1 saturated carbocycles. The third-order valence-electron chi connectivity index (χ3n) is 5.17. The van der Waals surface area contributed by atoms with E-state index in [4.69, 9.17) is 11.6 Å². The molecule has 3 heterocycles. The lowest BCUT2D eigenvalue weighted by Gasteiger charge is -2.11. The predicted molar refractivity (Wildman–Crippen MR) is 108 cm³/mol. The molecule has 1 N–H and O–H groups in total. The number of amides is 1. The molecule has 1 amide bonds. The molecule has 0 radical (unpaired) electrons. The number of nitrogens with zero attached hydrogens (tertiary/aromatic N) is 6. The zero-order chi connectivity index (χ0) is 23.3. The van der Waals surface area contributed by atoms with Crippen molar-refractivity contribution in [3.63, 3.8) is 0 Å². The molecule has 1 aliphatic rings. The van der Waals surface area contributed by atoms with Gasteiger partial charge in [-0.1, -0.05) is 17.7 Å². The molecular weight excluding hydrogens is 466 g/mol. The molecule has 0 unspecified atom stereocenters. The number of hydrogen-bond acceptors (Lipinski definition) is 5. The molecule has 1 aromatic carbocycles. The van der Waals surface area contributed by atoms with Crippen molar-refractivity contribution >= 4 is 29.1 Å². The molecule has 0 saturated heterocycles. The van der Waals surface area contributed by atoms with E-state index in [9.17, 15) is 22.4 Å². The van der Waals surface area contributed by atoms with Crippen molar-refractivity contribution in [2.75, 3.05) is 5.32 Å². The molecule has 170 valence electrons. The zero-order valence-corrected chi connectivity index (χ0v) is 17.4. The summed E-state index contributed by atoms with van der Waals surface area (Å²) >= 11 is 6.01. The Labute approximate surface area is 188 Å². The van der Waals surface area contributed by atoms with Gasteiger partial charge in [-0.2, -0.15) is 18.3 Å². The van der Waals surface area contributed by atoms with Gasteiger partial charge in [0.25, 0.3) is 5.91 Å². The Morgan fingerprint density at radius 3 is 2.76 bits per heavy atom. The molecule has 8 nitrogen and oxygen atoms in total. The van der Waals surface area contributed by atoms with Gasteiger partial charge in [-0.3, -0.25) is 10.1 Å². The predicted octanol–water partition coefficient (Wildman–Crippen LogP) is 4.31. The Morgan fingerprint density at radius 2 is 2.06 bits per heavy atom. The lowest BCUT2D eigenvalue weighted by atomic mass is 10.2. The number of alkyl halides is 3. The number of aromatic nitrogens is 6. The van der Waals surface area contributed by atoms with E-state index >= 15 is 0 Å². The highest BCUT2D eigenvalue weighted by Crippen LogP contribution is 2.41. The molecule has 0 spiro atoms. The van der Waals surface area contributed by atoms with Crippen LogP contribution in [0.15, 0.2) is 36.8 Å². The largest absolute Gasteiger partial charge is 0.433 e. The highest BCUT2D eigenvalue weighted by Gasteiger charge is 2.38. The summed E-state index contributed by atoms with van der Waals surface area (Å²) in [5, 5.41) is 10.4. The molecule has 33 heavy (non-hydrogen) atoms. The minimum absolute atomic E-state index is 0.0354. The average molecular weight is 480 g/mol. The van der Waals surface area contributed by atoms with Crippen LogP contribution in [-0.4, -0.2) is 35.3 Å². The van der Waals surface area contributed by atoms with Crippen molar-refractivity contribution in [3.05, 3.63) is 70.1 Å². The van der Waals surface area contributed by atoms with Crippen LogP contribution in [0.3, 0.4) is 0 Å². The van der Waals surface area contributed by atoms with Crippen LogP contribution in [0.4, 0.5) is 23.5 Å². The van der Waals surface area contributed by atoms with Gasteiger partial charge in [0.15, 0.2) is 5.65 Å². The molecule has 1 fully saturated rings. The van der Waals surface area contributed by atoms with Gasteiger partial charge >= 0.3 is 6.18 Å². The summed E-state index contributed by atoms with van der Waals surface area (Å²) in [6, 6.07) is 5.22. The van der Waals surface area contributed by atoms with Gasteiger partial charge < -0.3 is 0 Å². The van der Waals surface area contributed by atoms with Crippen LogP contribution in [0.2, 0.25) is 5.02 Å². The van der Waals surface area contributed by atoms with E-state index in [0.29, 0.717) is 4.52 Å². The smallest absolute Gasteiger partial charge is 0.289 e. The minimum Gasteiger partial charge on any atom is -0.289 e. The summed E-state index contributed by atoms with van der Waals surface area (Å²) in [5.41, 5.74) is -0.898. The third kappa shape index (κ3) is 4.13. The van der Waals surface area contributed by atoms with Gasteiger partial charge in [-0.05, 0) is 31.0 Å². The van der Waals surface area contributed by atoms with Crippen molar-refractivity contribution < 1.29 is 22.4 Å². The quantitative estimate of drug-likeness (QED) is 0.431. The van der Waals surface area contributed by atoms with Crippen LogP contribution >= 0.6 is 11.6 Å². The van der Waals surface area contributed by atoms with Gasteiger partial charge in [-0.15, -0.1) is 5.10 Å². The minimum atomic E-state index is -4.67. The van der Waals surface area contributed by atoms with Gasteiger partial charge in [-0.25, -0.2) is 23.6 Å². The zero-order valence-electron chi connectivity index (χ0n) is 16.6. The maximum atomic E-state index is 14.0. The summed E-state index contributed by atoms with van der Waals surface area (Å²) in [5.74, 6) is -1.49. The highest BCUT2D eigenvalue weighted by atomic mass is 35.5. The van der Waals surface area contributed by atoms with Crippen molar-refractivity contribution in [2.45, 2.75) is 31.5 Å². The second-order valence-corrected chi connectivity index (χ2v) is 7.96. The standard InChI is InChI=1S/C20H14ClF4N7O/c21-13-2-1-3-14(22)12(13)8-31-9-26-19(30-31)29-18(33)11-7-27-32-16(20(23,24)25)6-15(10-4-5-10)28-17(11)32/h1-3,6-7,9-10H,4-5,8H2,(H,29,30,33). The first-order valence-electron chi connectivity index (χ1n) is 9.80. The summed E-state index contributed by atoms with van der Waals surface area (Å²) < 4.78 is 56.4. The van der Waals surface area contributed by atoms with E-state index in [1.807, 2.05) is 0 Å². The van der Waals surface area contributed by atoms with Gasteiger partial charge in [0, 0.05) is 22.2 Å². The number of carbonyl (C=O) groups excluding carboxylic acids is 1.